The van der Waals surface area contributed by atoms with Crippen molar-refractivity contribution in [1.29, 1.82) is 0 Å². The van der Waals surface area contributed by atoms with Crippen LogP contribution in [-0.4, -0.2) is 106 Å². The van der Waals surface area contributed by atoms with E-state index in [1.807, 2.05) is 18.2 Å². The topological polar surface area (TPSA) is 170 Å². The molecule has 4 atom stereocenters. The first-order valence-electron chi connectivity index (χ1n) is 19.3. The van der Waals surface area contributed by atoms with Crippen molar-refractivity contribution in [2.24, 2.45) is 5.41 Å². The van der Waals surface area contributed by atoms with Crippen LogP contribution in [0.2, 0.25) is 0 Å². The van der Waals surface area contributed by atoms with Gasteiger partial charge in [0, 0.05) is 61.4 Å². The number of aryl methyl sites for hydroxylation is 1. The lowest BCUT2D eigenvalue weighted by Crippen LogP contribution is -2.50. The fourth-order valence-electron chi connectivity index (χ4n) is 7.85. The third kappa shape index (κ3) is 11.0. The number of cyclic esters (lactones) is 1. The number of thiol groups is 1. The molecule has 0 radical (unpaired) electrons. The zero-order valence-electron chi connectivity index (χ0n) is 33.0. The van der Waals surface area contributed by atoms with Crippen LogP contribution in [0.15, 0.2) is 36.4 Å². The summed E-state index contributed by atoms with van der Waals surface area (Å²) in [6, 6.07) is 10.2. The highest BCUT2D eigenvalue weighted by atomic mass is 32.2. The lowest BCUT2D eigenvalue weighted by molar-refractivity contribution is -0.156. The van der Waals surface area contributed by atoms with Gasteiger partial charge in [-0.3, -0.25) is 19.2 Å². The number of ether oxygens (including phenoxy) is 4. The second kappa shape index (κ2) is 19.1. The molecule has 3 aliphatic rings. The van der Waals surface area contributed by atoms with E-state index < -0.39 is 45.4 Å². The molecule has 2 N–H and O–H groups in total. The molecule has 5 rings (SSSR count). The second-order valence-corrected chi connectivity index (χ2v) is 17.7. The number of hydrogen-bond donors (Lipinski definition) is 3. The largest absolute Gasteiger partial charge is 0.493 e. The minimum absolute atomic E-state index is 0.00542. The maximum absolute atomic E-state index is 13.7. The number of carbonyl (C=O) groups is 4. The van der Waals surface area contributed by atoms with Gasteiger partial charge < -0.3 is 28.7 Å². The van der Waals surface area contributed by atoms with E-state index in [9.17, 15) is 27.6 Å². The van der Waals surface area contributed by atoms with Gasteiger partial charge in [-0.2, -0.15) is 25.8 Å². The number of methoxy groups -OCH3 is 2. The van der Waals surface area contributed by atoms with E-state index >= 15 is 0 Å². The van der Waals surface area contributed by atoms with E-state index in [0.717, 1.165) is 24.0 Å². The van der Waals surface area contributed by atoms with Crippen molar-refractivity contribution in [3.63, 3.8) is 0 Å². The van der Waals surface area contributed by atoms with Crippen LogP contribution in [0.4, 0.5) is 0 Å². The second-order valence-electron chi connectivity index (χ2n) is 15.4. The van der Waals surface area contributed by atoms with Gasteiger partial charge in [-0.15, -0.1) is 0 Å². The maximum Gasteiger partial charge on any atom is 0.308 e. The summed E-state index contributed by atoms with van der Waals surface area (Å²) in [4.78, 5) is 56.3. The summed E-state index contributed by atoms with van der Waals surface area (Å²) in [6.07, 6.45) is 3.80. The molecule has 2 saturated heterocycles. The molecule has 0 spiro atoms. The van der Waals surface area contributed by atoms with Crippen LogP contribution in [0, 0.1) is 5.41 Å². The summed E-state index contributed by atoms with van der Waals surface area (Å²) < 4.78 is 53.9. The first kappa shape index (κ1) is 43.3. The molecule has 2 aromatic rings. The Labute approximate surface area is 335 Å². The van der Waals surface area contributed by atoms with Gasteiger partial charge in [-0.1, -0.05) is 32.0 Å². The summed E-state index contributed by atoms with van der Waals surface area (Å²) in [5.41, 5.74) is 1.52. The monoisotopic (exact) mass is 816 g/mol. The first-order chi connectivity index (χ1) is 26.6. The molecular formula is C40H56N4O10S2. The Hall–Kier alpha value is -3.86. The van der Waals surface area contributed by atoms with Crippen molar-refractivity contribution < 1.29 is 46.5 Å². The molecular weight excluding hydrogens is 761 g/mol. The van der Waals surface area contributed by atoms with Crippen LogP contribution in [0.3, 0.4) is 0 Å². The number of Topliss-reactive ketones (excluding diaryl/α,β-unsaturated/α-hetero) is 1. The van der Waals surface area contributed by atoms with Gasteiger partial charge in [-0.25, -0.2) is 4.72 Å². The summed E-state index contributed by atoms with van der Waals surface area (Å²) in [5.74, 6) is -0.0885. The van der Waals surface area contributed by atoms with E-state index in [-0.39, 0.29) is 43.3 Å². The molecule has 14 nitrogen and oxygen atoms in total. The number of nitrogens with one attached hydrogen (secondary N) is 2. The number of esters is 1. The quantitative estimate of drug-likeness (QED) is 0.131. The Kier molecular flexibility index (Phi) is 14.7. The van der Waals surface area contributed by atoms with E-state index in [0.29, 0.717) is 74.4 Å². The van der Waals surface area contributed by atoms with Crippen molar-refractivity contribution in [1.82, 2.24) is 19.2 Å². The lowest BCUT2D eigenvalue weighted by Gasteiger charge is -2.36. The van der Waals surface area contributed by atoms with Crippen LogP contribution in [-0.2, 0) is 47.0 Å². The number of fused-ring (bicyclic) bond motifs is 2. The van der Waals surface area contributed by atoms with Crippen molar-refractivity contribution in [2.75, 3.05) is 47.0 Å². The van der Waals surface area contributed by atoms with Crippen LogP contribution < -0.4 is 23.7 Å². The number of rotatable bonds is 11. The number of nitrogens with zero attached hydrogens (tertiary/aromatic N) is 2. The molecule has 0 saturated carbocycles. The van der Waals surface area contributed by atoms with Gasteiger partial charge in [0.25, 0.3) is 16.1 Å². The minimum atomic E-state index is -3.86. The molecule has 3 aliphatic heterocycles. The summed E-state index contributed by atoms with van der Waals surface area (Å²) in [7, 11) is -0.733. The van der Waals surface area contributed by atoms with Gasteiger partial charge in [0.2, 0.25) is 11.7 Å². The predicted molar refractivity (Wildman–Crippen MR) is 213 cm³/mol. The van der Waals surface area contributed by atoms with Crippen LogP contribution in [0.5, 0.6) is 17.2 Å². The van der Waals surface area contributed by atoms with E-state index in [4.69, 9.17) is 18.9 Å². The molecule has 308 valence electrons. The third-order valence-electron chi connectivity index (χ3n) is 11.0. The van der Waals surface area contributed by atoms with Gasteiger partial charge in [-0.05, 0) is 80.7 Å². The molecule has 0 aromatic heterocycles. The predicted octanol–water partition coefficient (Wildman–Crippen LogP) is 3.96. The number of piperidine rings is 1. The SMILES string of the molecule is COc1ccc2c(c1OC)CCC(C)(C)C(=O)C(=O)N1CCCCC1CC(=O)OC(c1cccc(OCCNS(=O)(=O)NCC3CC(S)CN3C(C)=O)c1)CC2. The molecule has 2 fully saturated rings. The lowest BCUT2D eigenvalue weighted by atomic mass is 9.80. The average Bonchev–Trinajstić information content (AvgIpc) is 3.56. The standard InChI is InChI=1S/C40H56N4O10S2/c1-26(45)44-25-32(55)22-30(44)24-42-56(49,50)41-18-20-53-31-11-8-9-28(21-31)34-14-12-27-13-15-35(51-4)37(52-5)33(27)16-17-40(2,3)38(47)39(48)43-19-7-6-10-29(43)23-36(46)54-34/h8-9,11,13,15,21,29-30,32,34,41-42,55H,6-7,10,12,14,16-20,22-25H2,1-5H3. The third-order valence-corrected chi connectivity index (χ3v) is 12.5. The fourth-order valence-corrected chi connectivity index (χ4v) is 9.13. The zero-order valence-corrected chi connectivity index (χ0v) is 34.7. The minimum Gasteiger partial charge on any atom is -0.493 e. The molecule has 0 bridgehead atoms. The van der Waals surface area contributed by atoms with E-state index in [1.54, 1.807) is 56.1 Å². The van der Waals surface area contributed by atoms with Crippen molar-refractivity contribution in [3.05, 3.63) is 53.1 Å². The van der Waals surface area contributed by atoms with Crippen molar-refractivity contribution in [3.8, 4) is 17.2 Å². The number of hydrogen-bond acceptors (Lipinski definition) is 11. The molecule has 2 aromatic carbocycles. The van der Waals surface area contributed by atoms with Crippen LogP contribution >= 0.6 is 12.6 Å². The van der Waals surface area contributed by atoms with Gasteiger partial charge in [0.15, 0.2) is 11.5 Å². The number of benzene rings is 2. The average molecular weight is 817 g/mol. The molecule has 0 aliphatic carbocycles. The van der Waals surface area contributed by atoms with E-state index in [1.165, 1.54) is 6.92 Å². The van der Waals surface area contributed by atoms with Gasteiger partial charge in [0.05, 0.1) is 20.6 Å². The molecule has 3 heterocycles. The number of amides is 2. The molecule has 56 heavy (non-hydrogen) atoms. The summed E-state index contributed by atoms with van der Waals surface area (Å²) in [6.45, 7) is 5.99. The molecule has 16 heteroatoms. The van der Waals surface area contributed by atoms with Crippen LogP contribution in [0.1, 0.15) is 88.5 Å². The Morgan fingerprint density at radius 2 is 1.82 bits per heavy atom. The summed E-state index contributed by atoms with van der Waals surface area (Å²) >= 11 is 4.45. The fraction of sp³-hybridized carbons (Fsp3) is 0.600. The van der Waals surface area contributed by atoms with Gasteiger partial charge >= 0.3 is 5.97 Å². The highest BCUT2D eigenvalue weighted by Gasteiger charge is 2.40. The highest BCUT2D eigenvalue weighted by molar-refractivity contribution is 7.87. The van der Waals surface area contributed by atoms with Crippen LogP contribution in [0.25, 0.3) is 0 Å². The first-order valence-corrected chi connectivity index (χ1v) is 21.3. The zero-order chi connectivity index (χ0) is 40.6. The van der Waals surface area contributed by atoms with Crippen molar-refractivity contribution >= 4 is 46.4 Å². The van der Waals surface area contributed by atoms with Crippen molar-refractivity contribution in [2.45, 2.75) is 102 Å². The van der Waals surface area contributed by atoms with Gasteiger partial charge in [0.1, 0.15) is 18.5 Å². The number of likely N-dealkylation sites (tertiary alicyclic amines) is 1. The molecule has 4 unspecified atom stereocenters. The smallest absolute Gasteiger partial charge is 0.308 e. The Morgan fingerprint density at radius 3 is 2.55 bits per heavy atom. The Balaban J connectivity index is 1.33. The normalized spacial score (nSPS) is 23.6. The Bertz CT molecular complexity index is 1860. The highest BCUT2D eigenvalue weighted by Crippen LogP contribution is 2.39. The number of ketones is 1. The Morgan fingerprint density at radius 1 is 1.04 bits per heavy atom. The number of carbonyl (C=O) groups excluding carboxylic acids is 4. The molecule has 2 amide bonds. The summed E-state index contributed by atoms with van der Waals surface area (Å²) in [5, 5.41) is -0.00542. The maximum atomic E-state index is 13.7. The van der Waals surface area contributed by atoms with E-state index in [2.05, 4.69) is 22.1 Å².